The lowest BCUT2D eigenvalue weighted by Gasteiger charge is -2.16. The summed E-state index contributed by atoms with van der Waals surface area (Å²) in [4.78, 5) is 0. The van der Waals surface area contributed by atoms with Gasteiger partial charge in [0.2, 0.25) is 0 Å². The molecule has 3 rings (SSSR count). The number of anilines is 2. The second-order valence-corrected chi connectivity index (χ2v) is 8.08. The predicted molar refractivity (Wildman–Crippen MR) is 142 cm³/mol. The topological polar surface area (TPSA) is 101 Å². The molecule has 0 radical (unpaired) electrons. The summed E-state index contributed by atoms with van der Waals surface area (Å²) in [5.41, 5.74) is 1.80. The predicted octanol–water partition coefficient (Wildman–Crippen LogP) is 4.19. The Labute approximate surface area is 212 Å². The van der Waals surface area contributed by atoms with E-state index in [0.717, 1.165) is 22.9 Å². The molecule has 0 bridgehead atoms. The molecule has 3 aromatic rings. The molecule has 8 nitrogen and oxygen atoms in total. The number of nitrogens with one attached hydrogen (secondary N) is 2. The molecule has 3 aromatic carbocycles. The van der Waals surface area contributed by atoms with Gasteiger partial charge in [-0.2, -0.15) is 0 Å². The number of ether oxygens (including phenoxy) is 4. The van der Waals surface area contributed by atoms with Gasteiger partial charge in [0.15, 0.2) is 0 Å². The van der Waals surface area contributed by atoms with Crippen LogP contribution in [0.4, 0.5) is 11.4 Å². The van der Waals surface area contributed by atoms with Gasteiger partial charge < -0.3 is 39.8 Å². The minimum atomic E-state index is -0.675. The van der Waals surface area contributed by atoms with E-state index in [2.05, 4.69) is 10.6 Å². The molecule has 0 aliphatic heterocycles. The minimum absolute atomic E-state index is 0.153. The molecule has 0 unspecified atom stereocenters. The van der Waals surface area contributed by atoms with Gasteiger partial charge in [-0.05, 0) is 86.6 Å². The molecular formula is C28H36N2O6. The number of aliphatic hydroxyl groups excluding tert-OH is 2. The monoisotopic (exact) mass is 496 g/mol. The van der Waals surface area contributed by atoms with Crippen molar-refractivity contribution in [1.29, 1.82) is 0 Å². The zero-order valence-electron chi connectivity index (χ0n) is 20.9. The third-order valence-corrected chi connectivity index (χ3v) is 5.12. The van der Waals surface area contributed by atoms with Crippen LogP contribution >= 0.6 is 0 Å². The molecule has 194 valence electrons. The van der Waals surface area contributed by atoms with E-state index in [1.54, 1.807) is 24.3 Å². The minimum Gasteiger partial charge on any atom is -0.494 e. The molecule has 0 aliphatic rings. The first-order valence-electron chi connectivity index (χ1n) is 12.2. The summed E-state index contributed by atoms with van der Waals surface area (Å²) in [5, 5.41) is 26.8. The Morgan fingerprint density at radius 2 is 0.833 bits per heavy atom. The SMILES string of the molecule is CCOc1ccc(NC[C@@H](O)COc2ccc(OC[C@H](O)CNc3ccc(OCC)cc3)cc2)cc1. The average Bonchev–Trinajstić information content (AvgIpc) is 2.91. The molecule has 2 atom stereocenters. The van der Waals surface area contributed by atoms with Gasteiger partial charge in [0, 0.05) is 24.5 Å². The maximum Gasteiger partial charge on any atom is 0.119 e. The van der Waals surface area contributed by atoms with Gasteiger partial charge in [-0.1, -0.05) is 0 Å². The van der Waals surface area contributed by atoms with Crippen LogP contribution in [0.2, 0.25) is 0 Å². The van der Waals surface area contributed by atoms with Gasteiger partial charge in [-0.25, -0.2) is 0 Å². The summed E-state index contributed by atoms with van der Waals surface area (Å²) < 4.78 is 22.2. The van der Waals surface area contributed by atoms with Crippen LogP contribution in [-0.2, 0) is 0 Å². The lowest BCUT2D eigenvalue weighted by Crippen LogP contribution is -2.26. The van der Waals surface area contributed by atoms with Crippen LogP contribution in [0.3, 0.4) is 0 Å². The standard InChI is InChI=1S/C28H36N2O6/c1-3-33-25-9-5-21(6-10-25)29-17-23(31)19-35-27-13-15-28(16-14-27)36-20-24(32)18-30-22-7-11-26(12-8-22)34-4-2/h5-16,23-24,29-32H,3-4,17-20H2,1-2H3/t23-,24-/m1/s1. The Bertz CT molecular complexity index is 914. The van der Waals surface area contributed by atoms with Crippen molar-refractivity contribution in [1.82, 2.24) is 0 Å². The van der Waals surface area contributed by atoms with Crippen molar-refractivity contribution in [2.75, 3.05) is 50.2 Å². The molecule has 4 N–H and O–H groups in total. The quantitative estimate of drug-likeness (QED) is 0.234. The molecule has 0 amide bonds. The Morgan fingerprint density at radius 1 is 0.528 bits per heavy atom. The van der Waals surface area contributed by atoms with E-state index in [0.29, 0.717) is 37.8 Å². The fourth-order valence-corrected chi connectivity index (χ4v) is 3.28. The van der Waals surface area contributed by atoms with Gasteiger partial charge in [0.05, 0.1) is 13.2 Å². The lowest BCUT2D eigenvalue weighted by molar-refractivity contribution is 0.115. The number of hydrogen-bond donors (Lipinski definition) is 4. The van der Waals surface area contributed by atoms with Crippen LogP contribution in [0.25, 0.3) is 0 Å². The van der Waals surface area contributed by atoms with Crippen molar-refractivity contribution < 1.29 is 29.2 Å². The van der Waals surface area contributed by atoms with Crippen LogP contribution in [0.15, 0.2) is 72.8 Å². The smallest absolute Gasteiger partial charge is 0.119 e. The zero-order valence-corrected chi connectivity index (χ0v) is 20.9. The number of hydrogen-bond acceptors (Lipinski definition) is 8. The molecule has 0 spiro atoms. The van der Waals surface area contributed by atoms with Crippen molar-refractivity contribution in [3.63, 3.8) is 0 Å². The Kier molecular flexibility index (Phi) is 11.0. The first kappa shape index (κ1) is 27.0. The first-order valence-corrected chi connectivity index (χ1v) is 12.2. The van der Waals surface area contributed by atoms with E-state index in [9.17, 15) is 10.2 Å². The molecule has 0 saturated heterocycles. The van der Waals surface area contributed by atoms with Crippen molar-refractivity contribution in [2.45, 2.75) is 26.1 Å². The highest BCUT2D eigenvalue weighted by molar-refractivity contribution is 5.47. The molecule has 0 fully saturated rings. The fourth-order valence-electron chi connectivity index (χ4n) is 3.28. The number of benzene rings is 3. The fraction of sp³-hybridized carbons (Fsp3) is 0.357. The Balaban J connectivity index is 1.31. The Hall–Kier alpha value is -3.62. The highest BCUT2D eigenvalue weighted by Gasteiger charge is 2.08. The highest BCUT2D eigenvalue weighted by Crippen LogP contribution is 2.19. The third-order valence-electron chi connectivity index (χ3n) is 5.12. The van der Waals surface area contributed by atoms with E-state index in [1.165, 1.54) is 0 Å². The molecule has 0 aromatic heterocycles. The maximum absolute atomic E-state index is 10.2. The van der Waals surface area contributed by atoms with E-state index < -0.39 is 12.2 Å². The summed E-state index contributed by atoms with van der Waals surface area (Å²) in [7, 11) is 0. The van der Waals surface area contributed by atoms with Crippen molar-refractivity contribution in [3.05, 3.63) is 72.8 Å². The Morgan fingerprint density at radius 3 is 1.17 bits per heavy atom. The van der Waals surface area contributed by atoms with Gasteiger partial charge in [0.1, 0.15) is 48.4 Å². The van der Waals surface area contributed by atoms with Crippen molar-refractivity contribution in [3.8, 4) is 23.0 Å². The summed E-state index contributed by atoms with van der Waals surface area (Å²) in [5.74, 6) is 2.88. The summed E-state index contributed by atoms with van der Waals surface area (Å²) in [6.07, 6.45) is -1.35. The second kappa shape index (κ2) is 14.7. The van der Waals surface area contributed by atoms with Crippen LogP contribution in [0.5, 0.6) is 23.0 Å². The van der Waals surface area contributed by atoms with Crippen LogP contribution in [0.1, 0.15) is 13.8 Å². The highest BCUT2D eigenvalue weighted by atomic mass is 16.5. The van der Waals surface area contributed by atoms with Gasteiger partial charge in [0.25, 0.3) is 0 Å². The summed E-state index contributed by atoms with van der Waals surface area (Å²) >= 11 is 0. The molecular weight excluding hydrogens is 460 g/mol. The lowest BCUT2D eigenvalue weighted by atomic mass is 10.3. The summed E-state index contributed by atoms with van der Waals surface area (Å²) in [6, 6.07) is 22.2. The third kappa shape index (κ3) is 9.56. The first-order chi connectivity index (χ1) is 17.6. The van der Waals surface area contributed by atoms with Crippen LogP contribution < -0.4 is 29.6 Å². The van der Waals surface area contributed by atoms with Gasteiger partial charge >= 0.3 is 0 Å². The van der Waals surface area contributed by atoms with Crippen LogP contribution in [0, 0.1) is 0 Å². The van der Waals surface area contributed by atoms with E-state index >= 15 is 0 Å². The molecule has 0 heterocycles. The van der Waals surface area contributed by atoms with Gasteiger partial charge in [-0.3, -0.25) is 0 Å². The zero-order chi connectivity index (χ0) is 25.6. The normalized spacial score (nSPS) is 12.3. The van der Waals surface area contributed by atoms with Crippen molar-refractivity contribution in [2.24, 2.45) is 0 Å². The van der Waals surface area contributed by atoms with Crippen molar-refractivity contribution >= 4 is 11.4 Å². The van der Waals surface area contributed by atoms with Gasteiger partial charge in [-0.15, -0.1) is 0 Å². The number of rotatable bonds is 16. The van der Waals surface area contributed by atoms with E-state index in [1.807, 2.05) is 62.4 Å². The molecule has 8 heteroatoms. The largest absolute Gasteiger partial charge is 0.494 e. The maximum atomic E-state index is 10.2. The second-order valence-electron chi connectivity index (χ2n) is 8.08. The van der Waals surface area contributed by atoms with E-state index in [4.69, 9.17) is 18.9 Å². The van der Waals surface area contributed by atoms with Crippen LogP contribution in [-0.4, -0.2) is 61.9 Å². The summed E-state index contributed by atoms with van der Waals surface area (Å²) in [6.45, 7) is 6.16. The molecule has 36 heavy (non-hydrogen) atoms. The van der Waals surface area contributed by atoms with E-state index in [-0.39, 0.29) is 13.2 Å². The molecule has 0 saturated carbocycles. The molecule has 0 aliphatic carbocycles. The average molecular weight is 497 g/mol. The number of aliphatic hydroxyl groups is 2.